The first-order valence-electron chi connectivity index (χ1n) is 20.0. The number of benzene rings is 3. The van der Waals surface area contributed by atoms with E-state index in [4.69, 9.17) is 37.6 Å². The number of carbonyl (C=O) groups excluding carboxylic acids is 1. The number of phenols is 5. The van der Waals surface area contributed by atoms with Crippen LogP contribution in [0, 0.1) is 0 Å². The van der Waals surface area contributed by atoms with Gasteiger partial charge < -0.3 is 109 Å². The van der Waals surface area contributed by atoms with E-state index in [1.54, 1.807) is 0 Å². The van der Waals surface area contributed by atoms with Crippen molar-refractivity contribution in [3.63, 3.8) is 0 Å². The Bertz CT molecular complexity index is 2420. The van der Waals surface area contributed by atoms with Crippen LogP contribution in [0.3, 0.4) is 0 Å². The van der Waals surface area contributed by atoms with Crippen molar-refractivity contribution in [2.45, 2.75) is 92.1 Å². The third-order valence-corrected chi connectivity index (χ3v) is 11.0. The fourth-order valence-corrected chi connectivity index (χ4v) is 7.39. The zero-order valence-corrected chi connectivity index (χ0v) is 34.0. The molecule has 3 aliphatic rings. The summed E-state index contributed by atoms with van der Waals surface area (Å²) in [7, 11) is 0. The van der Waals surface area contributed by atoms with E-state index in [1.807, 2.05) is 0 Å². The van der Waals surface area contributed by atoms with E-state index in [0.717, 1.165) is 30.3 Å². The van der Waals surface area contributed by atoms with Crippen LogP contribution in [0.5, 0.6) is 34.5 Å². The van der Waals surface area contributed by atoms with Crippen LogP contribution in [-0.2, 0) is 33.2 Å². The summed E-state index contributed by atoms with van der Waals surface area (Å²) in [6.45, 7) is -2.70. The van der Waals surface area contributed by atoms with Gasteiger partial charge >= 0.3 is 5.97 Å². The highest BCUT2D eigenvalue weighted by Crippen LogP contribution is 2.40. The molecule has 0 bridgehead atoms. The van der Waals surface area contributed by atoms with Gasteiger partial charge in [-0.3, -0.25) is 4.79 Å². The third-order valence-electron chi connectivity index (χ3n) is 11.0. The van der Waals surface area contributed by atoms with Crippen molar-refractivity contribution in [1.29, 1.82) is 0 Å². The van der Waals surface area contributed by atoms with E-state index in [1.165, 1.54) is 36.4 Å². The average Bonchev–Trinajstić information content (AvgIpc) is 3.29. The molecule has 358 valence electrons. The van der Waals surface area contributed by atoms with Crippen molar-refractivity contribution in [1.82, 2.24) is 0 Å². The molecule has 0 aliphatic carbocycles. The maximum absolute atomic E-state index is 14.2. The van der Waals surface area contributed by atoms with Gasteiger partial charge in [0.25, 0.3) is 0 Å². The van der Waals surface area contributed by atoms with Gasteiger partial charge in [0.1, 0.15) is 102 Å². The predicted octanol–water partition coefficient (Wildman–Crippen LogP) is -2.92. The van der Waals surface area contributed by atoms with Crippen molar-refractivity contribution in [2.24, 2.45) is 0 Å². The average molecular weight is 935 g/mol. The Morgan fingerprint density at radius 1 is 0.606 bits per heavy atom. The van der Waals surface area contributed by atoms with Crippen LogP contribution in [0.25, 0.3) is 28.4 Å². The van der Waals surface area contributed by atoms with Gasteiger partial charge in [-0.1, -0.05) is 12.1 Å². The van der Waals surface area contributed by atoms with Crippen LogP contribution >= 0.6 is 0 Å². The second-order valence-electron chi connectivity index (χ2n) is 15.4. The van der Waals surface area contributed by atoms with Crippen LogP contribution in [0.4, 0.5) is 0 Å². The first-order valence-corrected chi connectivity index (χ1v) is 20.0. The molecule has 0 unspecified atom stereocenters. The third kappa shape index (κ3) is 9.87. The van der Waals surface area contributed by atoms with Crippen LogP contribution < -0.4 is 10.2 Å². The molecule has 66 heavy (non-hydrogen) atoms. The lowest BCUT2D eigenvalue weighted by Crippen LogP contribution is -2.67. The topological polar surface area (TPSA) is 395 Å². The summed E-state index contributed by atoms with van der Waals surface area (Å²) in [5, 5.41) is 147. The van der Waals surface area contributed by atoms with E-state index in [0.29, 0.717) is 5.56 Å². The summed E-state index contributed by atoms with van der Waals surface area (Å²) in [5.41, 5.74) is -1.21. The summed E-state index contributed by atoms with van der Waals surface area (Å²) in [6.07, 6.45) is -27.5. The lowest BCUT2D eigenvalue weighted by atomic mass is 9.96. The Morgan fingerprint density at radius 2 is 1.20 bits per heavy atom. The number of aliphatic hydroxyl groups is 9. The Kier molecular flexibility index (Phi) is 14.7. The molecule has 24 heteroatoms. The van der Waals surface area contributed by atoms with Crippen molar-refractivity contribution in [3.8, 4) is 45.8 Å². The molecule has 1 aromatic heterocycles. The van der Waals surface area contributed by atoms with Crippen molar-refractivity contribution < 1.29 is 114 Å². The monoisotopic (exact) mass is 934 g/mol. The first kappa shape index (κ1) is 48.3. The van der Waals surface area contributed by atoms with E-state index in [-0.39, 0.29) is 11.3 Å². The summed E-state index contributed by atoms with van der Waals surface area (Å²) in [4.78, 5) is 26.7. The molecule has 3 saturated heterocycles. The van der Waals surface area contributed by atoms with Crippen molar-refractivity contribution in [2.75, 3.05) is 19.8 Å². The minimum Gasteiger partial charge on any atom is -0.508 e. The molecule has 3 fully saturated rings. The lowest BCUT2D eigenvalue weighted by Gasteiger charge is -2.48. The number of esters is 1. The maximum atomic E-state index is 14.2. The second-order valence-corrected chi connectivity index (χ2v) is 15.4. The molecule has 3 aromatic carbocycles. The zero-order valence-electron chi connectivity index (χ0n) is 34.0. The molecular weight excluding hydrogens is 888 g/mol. The summed E-state index contributed by atoms with van der Waals surface area (Å²) < 4.78 is 45.9. The molecule has 0 spiro atoms. The summed E-state index contributed by atoms with van der Waals surface area (Å²) in [5.74, 6) is -4.96. The molecule has 0 saturated carbocycles. The molecular formula is C42H46O24. The first-order chi connectivity index (χ1) is 31.4. The van der Waals surface area contributed by atoms with Gasteiger partial charge in [-0.2, -0.15) is 0 Å². The molecule has 4 heterocycles. The van der Waals surface area contributed by atoms with Crippen molar-refractivity contribution in [3.05, 3.63) is 76.5 Å². The largest absolute Gasteiger partial charge is 0.508 e. The van der Waals surface area contributed by atoms with Gasteiger partial charge in [-0.25, -0.2) is 4.79 Å². The second kappa shape index (κ2) is 20.0. The highest BCUT2D eigenvalue weighted by molar-refractivity contribution is 5.88. The van der Waals surface area contributed by atoms with Crippen LogP contribution in [0.1, 0.15) is 5.56 Å². The van der Waals surface area contributed by atoms with Gasteiger partial charge in [0.05, 0.1) is 13.2 Å². The summed E-state index contributed by atoms with van der Waals surface area (Å²) in [6, 6.07) is 10.7. The number of ether oxygens (including phenoxy) is 7. The van der Waals surface area contributed by atoms with Crippen molar-refractivity contribution >= 4 is 23.0 Å². The smallest absolute Gasteiger partial charge is 0.330 e. The number of phenolic OH excluding ortho intramolecular Hbond substituents is 5. The van der Waals surface area contributed by atoms with Gasteiger partial charge in [-0.15, -0.1) is 0 Å². The molecule has 14 N–H and O–H groups in total. The van der Waals surface area contributed by atoms with Gasteiger partial charge in [-0.05, 0) is 42.0 Å². The van der Waals surface area contributed by atoms with Crippen LogP contribution in [-0.4, -0.2) is 189 Å². The van der Waals surface area contributed by atoms with Crippen LogP contribution in [0.15, 0.2) is 69.9 Å². The SMILES string of the molecule is O=C(/C=C\c1ccc(O)cc1)OC[C@@H]1O[C@@H](O[C@@H]2[C@H](O[C@@H]3[C@H](Oc4c(-c5ccc(O)c(O)c5)oc5cc(O)cc(O)c5c4=O)O[C@@H](CO)[C@@H](O)[C@H]3O)O[C@H](CO)[C@@H](O)[C@@H]2O)[C@H](O)[C@H](O)[C@@H]1O. The number of fused-ring (bicyclic) bond motifs is 1. The van der Waals surface area contributed by atoms with Crippen LogP contribution in [0.2, 0.25) is 0 Å². The molecule has 15 atom stereocenters. The van der Waals surface area contributed by atoms with Gasteiger partial charge in [0, 0.05) is 23.8 Å². The minimum atomic E-state index is -2.17. The Hall–Kier alpha value is -5.68. The molecule has 4 aromatic rings. The number of hydrogen-bond acceptors (Lipinski definition) is 24. The van der Waals surface area contributed by atoms with E-state index in [2.05, 4.69) is 0 Å². The Labute approximate surface area is 370 Å². The lowest BCUT2D eigenvalue weighted by molar-refractivity contribution is -0.389. The molecule has 3 aliphatic heterocycles. The highest BCUT2D eigenvalue weighted by Gasteiger charge is 2.55. The Balaban J connectivity index is 1.19. The van der Waals surface area contributed by atoms with Gasteiger partial charge in [0.2, 0.25) is 17.5 Å². The molecule has 0 radical (unpaired) electrons. The molecule has 0 amide bonds. The minimum absolute atomic E-state index is 0.0134. The quantitative estimate of drug-likeness (QED) is 0.0363. The standard InChI is InChI=1S/C42H46O24/c43-12-23-29(52)34(57)39(41(61-23)64-37-31(54)27-21(49)10-18(46)11-22(27)60-36(37)16-4-7-19(47)20(48)9-16)66-42-38(33(56)28(51)24(13-44)62-42)65-40-35(58)32(55)30(53)25(63-40)14-59-26(50)8-3-15-1-5-17(45)6-2-15/h1-11,23-25,28-30,32-35,38-49,51-53,55-58H,12-14H2/b8-3-/t23-,24+,25-,28+,29+,30+,32+,33-,34+,35+,38-,39-,40-,41-,42-/m0/s1. The maximum Gasteiger partial charge on any atom is 0.330 e. The highest BCUT2D eigenvalue weighted by atomic mass is 16.8. The Morgan fingerprint density at radius 3 is 1.83 bits per heavy atom. The zero-order chi connectivity index (χ0) is 47.7. The predicted molar refractivity (Wildman–Crippen MR) is 215 cm³/mol. The summed E-state index contributed by atoms with van der Waals surface area (Å²) >= 11 is 0. The van der Waals surface area contributed by atoms with E-state index < -0.39 is 169 Å². The van der Waals surface area contributed by atoms with Gasteiger partial charge in [0.15, 0.2) is 35.9 Å². The number of rotatable bonds is 13. The van der Waals surface area contributed by atoms with E-state index in [9.17, 15) is 81.1 Å². The normalized spacial score (nSPS) is 32.7. The molecule has 7 rings (SSSR count). The fraction of sp³-hybridized carbons (Fsp3) is 0.429. The number of hydrogen-bond donors (Lipinski definition) is 14. The fourth-order valence-electron chi connectivity index (χ4n) is 7.39. The van der Waals surface area contributed by atoms with E-state index >= 15 is 0 Å². The number of carbonyl (C=O) groups is 1. The number of aliphatic hydroxyl groups excluding tert-OH is 9. The molecule has 24 nitrogen and oxygen atoms in total. The number of aromatic hydroxyl groups is 5.